The fourth-order valence-corrected chi connectivity index (χ4v) is 3.65. The summed E-state index contributed by atoms with van der Waals surface area (Å²) in [6, 6.07) is 0. The topological polar surface area (TPSA) is 32.3 Å². The van der Waals surface area contributed by atoms with Crippen molar-refractivity contribution in [1.29, 1.82) is 0 Å². The number of carbonyl (C=O) groups excluding carboxylic acids is 1. The van der Waals surface area contributed by atoms with E-state index in [4.69, 9.17) is 11.6 Å². The molecule has 0 bridgehead atoms. The third-order valence-corrected chi connectivity index (χ3v) is 5.36. The first-order chi connectivity index (χ1) is 9.13. The Hall–Kier alpha value is -0.290. The van der Waals surface area contributed by atoms with Gasteiger partial charge in [0, 0.05) is 13.1 Å². The van der Waals surface area contributed by atoms with Crippen LogP contribution in [-0.2, 0) is 0 Å². The number of nitrogens with zero attached hydrogens (tertiary/aromatic N) is 1. The third-order valence-electron chi connectivity index (χ3n) is 3.68. The van der Waals surface area contributed by atoms with Crippen LogP contribution in [0.2, 0.25) is 5.02 Å². The molecular formula is C14H22Cl2N2OS. The van der Waals surface area contributed by atoms with Crippen LogP contribution in [0.3, 0.4) is 0 Å². The molecule has 0 spiro atoms. The van der Waals surface area contributed by atoms with Gasteiger partial charge >= 0.3 is 0 Å². The number of nitrogens with one attached hydrogen (secondary N) is 1. The van der Waals surface area contributed by atoms with E-state index in [1.54, 1.807) is 0 Å². The molecule has 1 aliphatic rings. The lowest BCUT2D eigenvalue weighted by Crippen LogP contribution is -2.40. The molecule has 3 nitrogen and oxygen atoms in total. The smallest absolute Gasteiger partial charge is 0.265 e. The van der Waals surface area contributed by atoms with Gasteiger partial charge in [0.25, 0.3) is 5.91 Å². The van der Waals surface area contributed by atoms with E-state index in [-0.39, 0.29) is 18.3 Å². The summed E-state index contributed by atoms with van der Waals surface area (Å²) in [5.74, 6) is 0.801. The molecule has 20 heavy (non-hydrogen) atoms. The van der Waals surface area contributed by atoms with Gasteiger partial charge in [-0.25, -0.2) is 0 Å². The second-order valence-corrected chi connectivity index (χ2v) is 6.36. The molecule has 1 aliphatic heterocycles. The quantitative estimate of drug-likeness (QED) is 0.911. The molecule has 1 aromatic heterocycles. The summed E-state index contributed by atoms with van der Waals surface area (Å²) in [5.41, 5.74) is 0.997. The average Bonchev–Trinajstić information content (AvgIpc) is 2.76. The molecule has 0 aliphatic carbocycles. The van der Waals surface area contributed by atoms with Crippen molar-refractivity contribution in [2.45, 2.75) is 26.7 Å². The Morgan fingerprint density at radius 2 is 2.15 bits per heavy atom. The zero-order valence-corrected chi connectivity index (χ0v) is 14.3. The Kier molecular flexibility index (Phi) is 7.30. The van der Waals surface area contributed by atoms with Gasteiger partial charge in [-0.1, -0.05) is 18.5 Å². The molecule has 0 saturated carbocycles. The summed E-state index contributed by atoms with van der Waals surface area (Å²) in [6.07, 6.45) is 2.17. The van der Waals surface area contributed by atoms with Crippen molar-refractivity contribution in [3.8, 4) is 0 Å². The molecule has 1 N–H and O–H groups in total. The first kappa shape index (κ1) is 17.8. The van der Waals surface area contributed by atoms with Gasteiger partial charge in [0.1, 0.15) is 4.88 Å². The predicted octanol–water partition coefficient (Wildman–Crippen LogP) is 3.59. The van der Waals surface area contributed by atoms with Crippen LogP contribution in [0.1, 0.15) is 35.0 Å². The van der Waals surface area contributed by atoms with Crippen LogP contribution in [-0.4, -0.2) is 37.0 Å². The van der Waals surface area contributed by atoms with E-state index in [0.717, 1.165) is 44.6 Å². The summed E-state index contributed by atoms with van der Waals surface area (Å²) in [7, 11) is 0. The van der Waals surface area contributed by atoms with E-state index in [1.807, 2.05) is 17.2 Å². The van der Waals surface area contributed by atoms with Crippen LogP contribution in [0, 0.1) is 12.8 Å². The highest BCUT2D eigenvalue weighted by molar-refractivity contribution is 7.13. The number of piperidine rings is 1. The summed E-state index contributed by atoms with van der Waals surface area (Å²) >= 11 is 7.63. The monoisotopic (exact) mass is 336 g/mol. The highest BCUT2D eigenvalue weighted by Crippen LogP contribution is 2.29. The Bertz CT molecular complexity index is 442. The molecule has 0 unspecified atom stereocenters. The molecule has 0 radical (unpaired) electrons. The minimum Gasteiger partial charge on any atom is -0.338 e. The number of thiophene rings is 1. The van der Waals surface area contributed by atoms with E-state index in [9.17, 15) is 4.79 Å². The predicted molar refractivity (Wildman–Crippen MR) is 88.5 cm³/mol. The Labute approximate surface area is 136 Å². The summed E-state index contributed by atoms with van der Waals surface area (Å²) in [5, 5.41) is 5.96. The molecule has 1 fully saturated rings. The first-order valence-corrected chi connectivity index (χ1v) is 8.12. The van der Waals surface area contributed by atoms with Crippen molar-refractivity contribution in [3.05, 3.63) is 20.8 Å². The fraction of sp³-hybridized carbons (Fsp3) is 0.643. The third kappa shape index (κ3) is 4.10. The van der Waals surface area contributed by atoms with Crippen LogP contribution in [0.15, 0.2) is 5.38 Å². The number of amides is 1. The van der Waals surface area contributed by atoms with Crippen LogP contribution in [0.4, 0.5) is 0 Å². The second kappa shape index (κ2) is 8.23. The molecule has 1 amide bonds. The largest absolute Gasteiger partial charge is 0.338 e. The van der Waals surface area contributed by atoms with Crippen molar-refractivity contribution >= 4 is 41.3 Å². The van der Waals surface area contributed by atoms with Crippen molar-refractivity contribution < 1.29 is 4.79 Å². The van der Waals surface area contributed by atoms with Gasteiger partial charge in [0.2, 0.25) is 0 Å². The second-order valence-electron chi connectivity index (χ2n) is 5.11. The first-order valence-electron chi connectivity index (χ1n) is 6.87. The van der Waals surface area contributed by atoms with Gasteiger partial charge in [0.05, 0.1) is 5.02 Å². The molecule has 2 rings (SSSR count). The Morgan fingerprint density at radius 3 is 2.65 bits per heavy atom. The minimum atomic E-state index is 0. The van der Waals surface area contributed by atoms with E-state index >= 15 is 0 Å². The lowest BCUT2D eigenvalue weighted by Gasteiger charge is -2.32. The number of rotatable bonds is 4. The number of aryl methyl sites for hydroxylation is 1. The molecular weight excluding hydrogens is 315 g/mol. The van der Waals surface area contributed by atoms with Crippen LogP contribution in [0.25, 0.3) is 0 Å². The van der Waals surface area contributed by atoms with Crippen LogP contribution in [0.5, 0.6) is 0 Å². The highest BCUT2D eigenvalue weighted by Gasteiger charge is 2.25. The van der Waals surface area contributed by atoms with Gasteiger partial charge in [-0.2, -0.15) is 0 Å². The van der Waals surface area contributed by atoms with Crippen LogP contribution < -0.4 is 5.32 Å². The zero-order chi connectivity index (χ0) is 13.8. The number of halogens is 2. The Morgan fingerprint density at radius 1 is 1.50 bits per heavy atom. The summed E-state index contributed by atoms with van der Waals surface area (Å²) in [4.78, 5) is 15.0. The average molecular weight is 337 g/mol. The van der Waals surface area contributed by atoms with Crippen LogP contribution >= 0.6 is 35.3 Å². The molecule has 1 aromatic rings. The summed E-state index contributed by atoms with van der Waals surface area (Å²) < 4.78 is 0. The number of carbonyl (C=O) groups is 1. The van der Waals surface area contributed by atoms with E-state index in [1.165, 1.54) is 11.3 Å². The Balaban J connectivity index is 0.00000200. The zero-order valence-electron chi connectivity index (χ0n) is 11.9. The maximum atomic E-state index is 12.4. The SMILES string of the molecule is CCNCC1CCN(C(=O)c2scc(C)c2Cl)CC1.Cl. The molecule has 6 heteroatoms. The molecule has 0 aromatic carbocycles. The lowest BCUT2D eigenvalue weighted by atomic mass is 9.96. The number of likely N-dealkylation sites (tertiary alicyclic amines) is 1. The fourth-order valence-electron chi connectivity index (χ4n) is 2.41. The van der Waals surface area contributed by atoms with Gasteiger partial charge in [-0.3, -0.25) is 4.79 Å². The number of hydrogen-bond donors (Lipinski definition) is 1. The maximum Gasteiger partial charge on any atom is 0.265 e. The van der Waals surface area contributed by atoms with Gasteiger partial charge < -0.3 is 10.2 Å². The van der Waals surface area contributed by atoms with E-state index in [2.05, 4.69) is 12.2 Å². The standard InChI is InChI=1S/C14H21ClN2OS.ClH/c1-3-16-8-11-4-6-17(7-5-11)14(18)13-12(15)10(2)9-19-13;/h9,11,16H,3-8H2,1-2H3;1H. The lowest BCUT2D eigenvalue weighted by molar-refractivity contribution is 0.0695. The normalized spacial score (nSPS) is 16.1. The van der Waals surface area contributed by atoms with Gasteiger partial charge in [-0.05, 0) is 49.7 Å². The van der Waals surface area contributed by atoms with Crippen molar-refractivity contribution in [3.63, 3.8) is 0 Å². The summed E-state index contributed by atoms with van der Waals surface area (Å²) in [6.45, 7) is 7.85. The van der Waals surface area contributed by atoms with E-state index < -0.39 is 0 Å². The highest BCUT2D eigenvalue weighted by atomic mass is 35.5. The molecule has 114 valence electrons. The maximum absolute atomic E-state index is 12.4. The van der Waals surface area contributed by atoms with E-state index in [0.29, 0.717) is 15.8 Å². The molecule has 0 atom stereocenters. The molecule has 1 saturated heterocycles. The van der Waals surface area contributed by atoms with Crippen molar-refractivity contribution in [1.82, 2.24) is 10.2 Å². The number of hydrogen-bond acceptors (Lipinski definition) is 3. The van der Waals surface area contributed by atoms with Gasteiger partial charge in [-0.15, -0.1) is 23.7 Å². The van der Waals surface area contributed by atoms with Gasteiger partial charge in [0.15, 0.2) is 0 Å². The molecule has 2 heterocycles. The van der Waals surface area contributed by atoms with Crippen molar-refractivity contribution in [2.75, 3.05) is 26.2 Å². The van der Waals surface area contributed by atoms with Crippen molar-refractivity contribution in [2.24, 2.45) is 5.92 Å². The minimum absolute atomic E-state index is 0.